The van der Waals surface area contributed by atoms with Crippen LogP contribution in [0.25, 0.3) is 22.0 Å². The fraction of sp³-hybridized carbons (Fsp3) is 0.364. The molecule has 29 heavy (non-hydrogen) atoms. The summed E-state index contributed by atoms with van der Waals surface area (Å²) in [6, 6.07) is 3.90. The van der Waals surface area contributed by atoms with Crippen LogP contribution in [0.5, 0.6) is 5.75 Å². The van der Waals surface area contributed by atoms with Crippen LogP contribution < -0.4 is 15.9 Å². The molecule has 1 saturated carbocycles. The minimum atomic E-state index is -1.20. The summed E-state index contributed by atoms with van der Waals surface area (Å²) in [6.07, 6.45) is 6.45. The predicted octanol–water partition coefficient (Wildman–Crippen LogP) is 4.11. The van der Waals surface area contributed by atoms with Crippen LogP contribution in [0.2, 0.25) is 0 Å². The summed E-state index contributed by atoms with van der Waals surface area (Å²) in [6.45, 7) is 0. The van der Waals surface area contributed by atoms with Gasteiger partial charge in [-0.15, -0.1) is 11.3 Å². The number of nitrogens with zero attached hydrogens (tertiary/aromatic N) is 1. The third kappa shape index (κ3) is 2.80. The number of carboxylic acids is 1. The van der Waals surface area contributed by atoms with E-state index in [1.165, 1.54) is 16.6 Å². The topological polar surface area (TPSA) is 94.6 Å². The highest BCUT2D eigenvalue weighted by Crippen LogP contribution is 2.46. The third-order valence-corrected chi connectivity index (χ3v) is 7.17. The minimum Gasteiger partial charge on any atom is -0.494 e. The van der Waals surface area contributed by atoms with Crippen LogP contribution in [-0.4, -0.2) is 22.8 Å². The van der Waals surface area contributed by atoms with Crippen molar-refractivity contribution < 1.29 is 14.6 Å². The first-order valence-electron chi connectivity index (χ1n) is 9.86. The number of thiophene rings is 1. The van der Waals surface area contributed by atoms with E-state index in [9.17, 15) is 14.7 Å². The lowest BCUT2D eigenvalue weighted by Crippen LogP contribution is -2.19. The Bertz CT molecular complexity index is 1210. The van der Waals surface area contributed by atoms with Crippen molar-refractivity contribution in [2.24, 2.45) is 5.73 Å². The predicted molar refractivity (Wildman–Crippen MR) is 113 cm³/mol. The Balaban J connectivity index is 1.82. The van der Waals surface area contributed by atoms with Crippen molar-refractivity contribution in [3.63, 3.8) is 0 Å². The number of carbonyl (C=O) groups is 1. The molecule has 2 heterocycles. The lowest BCUT2D eigenvalue weighted by molar-refractivity contribution is 0.0695. The van der Waals surface area contributed by atoms with Gasteiger partial charge in [-0.25, -0.2) is 4.79 Å². The van der Waals surface area contributed by atoms with E-state index in [2.05, 4.69) is 5.38 Å². The van der Waals surface area contributed by atoms with Crippen molar-refractivity contribution in [3.05, 3.63) is 49.9 Å². The zero-order chi connectivity index (χ0) is 20.3. The molecule has 2 aliphatic rings. The number of benzene rings is 1. The monoisotopic (exact) mass is 410 g/mol. The lowest BCUT2D eigenvalue weighted by Gasteiger charge is -2.21. The van der Waals surface area contributed by atoms with E-state index in [1.807, 2.05) is 10.6 Å². The number of fused-ring (bicyclic) bond motifs is 2. The molecule has 3 aromatic rings. The van der Waals surface area contributed by atoms with Gasteiger partial charge in [0.05, 0.1) is 18.0 Å². The smallest absolute Gasteiger partial charge is 0.341 e. The van der Waals surface area contributed by atoms with Gasteiger partial charge in [0.1, 0.15) is 5.56 Å². The Morgan fingerprint density at radius 3 is 2.76 bits per heavy atom. The summed E-state index contributed by atoms with van der Waals surface area (Å²) < 4.78 is 7.76. The van der Waals surface area contributed by atoms with E-state index in [4.69, 9.17) is 10.5 Å². The number of aromatic carboxylic acids is 1. The van der Waals surface area contributed by atoms with Crippen LogP contribution in [0.3, 0.4) is 0 Å². The van der Waals surface area contributed by atoms with Gasteiger partial charge in [-0.2, -0.15) is 0 Å². The van der Waals surface area contributed by atoms with Crippen LogP contribution in [0.15, 0.2) is 28.5 Å². The standard InChI is InChI=1S/C22H22N2O4S/c1-28-20-12(16-10-29-21-13(16)3-2-4-17(21)23)7-8-14-18(20)24(11-5-6-11)9-15(19(14)25)22(26)27/h7-11,17H,2-6,23H2,1H3,(H,26,27). The molecule has 5 rings (SSSR count). The summed E-state index contributed by atoms with van der Waals surface area (Å²) in [5.74, 6) is -0.571. The molecule has 1 atom stereocenters. The number of aromatic nitrogens is 1. The highest BCUT2D eigenvalue weighted by molar-refractivity contribution is 7.10. The van der Waals surface area contributed by atoms with Crippen LogP contribution in [0.4, 0.5) is 0 Å². The number of carboxylic acid groups (broad SMARTS) is 1. The summed E-state index contributed by atoms with van der Waals surface area (Å²) in [5.41, 5.74) is 9.65. The van der Waals surface area contributed by atoms with E-state index in [-0.39, 0.29) is 17.6 Å². The van der Waals surface area contributed by atoms with Crippen LogP contribution in [0.1, 0.15) is 58.6 Å². The van der Waals surface area contributed by atoms with Gasteiger partial charge in [0.15, 0.2) is 5.75 Å². The van der Waals surface area contributed by atoms with E-state index < -0.39 is 11.4 Å². The number of ether oxygens (including phenoxy) is 1. The zero-order valence-electron chi connectivity index (χ0n) is 16.1. The molecule has 0 saturated heterocycles. The maximum absolute atomic E-state index is 12.8. The van der Waals surface area contributed by atoms with Gasteiger partial charge in [0.2, 0.25) is 5.43 Å². The molecule has 0 radical (unpaired) electrons. The fourth-order valence-electron chi connectivity index (χ4n) is 4.45. The molecular weight excluding hydrogens is 388 g/mol. The largest absolute Gasteiger partial charge is 0.494 e. The highest BCUT2D eigenvalue weighted by Gasteiger charge is 2.30. The maximum Gasteiger partial charge on any atom is 0.341 e. The Kier molecular flexibility index (Phi) is 4.26. The summed E-state index contributed by atoms with van der Waals surface area (Å²) >= 11 is 1.69. The fourth-order valence-corrected chi connectivity index (χ4v) is 5.61. The molecule has 3 N–H and O–H groups in total. The second-order valence-corrected chi connectivity index (χ2v) is 8.76. The number of hydrogen-bond acceptors (Lipinski definition) is 5. The normalized spacial score (nSPS) is 18.6. The Hall–Kier alpha value is -2.64. The van der Waals surface area contributed by atoms with Crippen molar-refractivity contribution in [2.45, 2.75) is 44.2 Å². The second-order valence-electron chi connectivity index (χ2n) is 7.85. The van der Waals surface area contributed by atoms with Crippen LogP contribution in [0, 0.1) is 0 Å². The molecule has 2 aromatic heterocycles. The highest BCUT2D eigenvalue weighted by atomic mass is 32.1. The maximum atomic E-state index is 12.8. The lowest BCUT2D eigenvalue weighted by atomic mass is 9.89. The molecule has 0 bridgehead atoms. The average Bonchev–Trinajstić information content (AvgIpc) is 3.46. The first-order chi connectivity index (χ1) is 14.0. The van der Waals surface area contributed by atoms with Crippen molar-refractivity contribution in [1.29, 1.82) is 0 Å². The van der Waals surface area contributed by atoms with Gasteiger partial charge >= 0.3 is 5.97 Å². The minimum absolute atomic E-state index is 0.0757. The Morgan fingerprint density at radius 1 is 1.28 bits per heavy atom. The average molecular weight is 410 g/mol. The van der Waals surface area contributed by atoms with Gasteiger partial charge in [-0.1, -0.05) is 0 Å². The first-order valence-corrected chi connectivity index (χ1v) is 10.7. The number of methoxy groups -OCH3 is 1. The van der Waals surface area contributed by atoms with E-state index in [0.29, 0.717) is 16.7 Å². The molecule has 6 nitrogen and oxygen atoms in total. The van der Waals surface area contributed by atoms with Crippen LogP contribution >= 0.6 is 11.3 Å². The van der Waals surface area contributed by atoms with Gasteiger partial charge in [-0.05, 0) is 60.7 Å². The number of pyridine rings is 1. The zero-order valence-corrected chi connectivity index (χ0v) is 16.9. The summed E-state index contributed by atoms with van der Waals surface area (Å²) in [4.78, 5) is 25.7. The molecule has 1 aromatic carbocycles. The third-order valence-electron chi connectivity index (χ3n) is 6.02. The van der Waals surface area contributed by atoms with Crippen molar-refractivity contribution in [2.75, 3.05) is 7.11 Å². The van der Waals surface area contributed by atoms with Gasteiger partial charge in [0, 0.05) is 28.7 Å². The molecule has 7 heteroatoms. The number of rotatable bonds is 4. The Labute approximate surface area is 171 Å². The van der Waals surface area contributed by atoms with Crippen molar-refractivity contribution in [3.8, 4) is 16.9 Å². The van der Waals surface area contributed by atoms with Gasteiger partial charge < -0.3 is 20.1 Å². The molecule has 1 unspecified atom stereocenters. The van der Waals surface area contributed by atoms with Crippen molar-refractivity contribution >= 4 is 28.2 Å². The van der Waals surface area contributed by atoms with Gasteiger partial charge in [0.25, 0.3) is 0 Å². The van der Waals surface area contributed by atoms with E-state index >= 15 is 0 Å². The molecular formula is C22H22N2O4S. The molecule has 1 fully saturated rings. The molecule has 0 aliphatic heterocycles. The second kappa shape index (κ2) is 6.71. The van der Waals surface area contributed by atoms with Gasteiger partial charge in [-0.3, -0.25) is 4.79 Å². The van der Waals surface area contributed by atoms with Crippen LogP contribution in [-0.2, 0) is 6.42 Å². The number of nitrogens with two attached hydrogens (primary N) is 1. The first kappa shape index (κ1) is 18.4. The van der Waals surface area contributed by atoms with Crippen molar-refractivity contribution in [1.82, 2.24) is 4.57 Å². The van der Waals surface area contributed by atoms with E-state index in [0.717, 1.165) is 43.2 Å². The van der Waals surface area contributed by atoms with E-state index in [1.54, 1.807) is 24.5 Å². The summed E-state index contributed by atoms with van der Waals surface area (Å²) in [5, 5.41) is 12.0. The summed E-state index contributed by atoms with van der Waals surface area (Å²) in [7, 11) is 1.61. The molecule has 0 amide bonds. The molecule has 150 valence electrons. The quantitative estimate of drug-likeness (QED) is 0.675. The molecule has 0 spiro atoms. The molecule has 2 aliphatic carbocycles. The Morgan fingerprint density at radius 2 is 2.07 bits per heavy atom. The number of hydrogen-bond donors (Lipinski definition) is 2. The SMILES string of the molecule is COc1c(-c2csc3c2CCCC3N)ccc2c(=O)c(C(=O)O)cn(C3CC3)c12.